The number of methoxy groups -OCH3 is 1. The number of likely N-dealkylation sites (N-methyl/N-ethyl adjacent to an activating group) is 1. The molecule has 0 saturated heterocycles. The van der Waals surface area contributed by atoms with Gasteiger partial charge >= 0.3 is 5.97 Å². The van der Waals surface area contributed by atoms with E-state index < -0.39 is 22.1 Å². The Morgan fingerprint density at radius 1 is 1.07 bits per heavy atom. The van der Waals surface area contributed by atoms with Crippen molar-refractivity contribution in [2.45, 2.75) is 17.9 Å². The lowest BCUT2D eigenvalue weighted by molar-refractivity contribution is -0.137. The molecule has 0 heterocycles. The van der Waals surface area contributed by atoms with Crippen LogP contribution in [0.15, 0.2) is 53.4 Å². The fraction of sp³-hybridized carbons (Fsp3) is 0.263. The maximum atomic E-state index is 12.7. The van der Waals surface area contributed by atoms with E-state index >= 15 is 0 Å². The van der Waals surface area contributed by atoms with Crippen molar-refractivity contribution in [1.29, 1.82) is 0 Å². The Balaban J connectivity index is 2.24. The summed E-state index contributed by atoms with van der Waals surface area (Å²) in [6.45, 7) is 1.45. The molecular formula is C19H22N2O6S. The molecule has 2 rings (SSSR count). The number of hydrogen-bond donors (Lipinski definition) is 1. The number of ether oxygens (including phenoxy) is 2. The molecule has 0 aromatic heterocycles. The van der Waals surface area contributed by atoms with Gasteiger partial charge in [-0.3, -0.25) is 9.52 Å². The second kappa shape index (κ2) is 8.75. The van der Waals surface area contributed by atoms with Gasteiger partial charge in [-0.25, -0.2) is 13.2 Å². The van der Waals surface area contributed by atoms with Gasteiger partial charge in [0.1, 0.15) is 5.75 Å². The highest BCUT2D eigenvalue weighted by Crippen LogP contribution is 2.26. The van der Waals surface area contributed by atoms with E-state index in [1.54, 1.807) is 38.4 Å². The van der Waals surface area contributed by atoms with Crippen molar-refractivity contribution in [2.24, 2.45) is 0 Å². The van der Waals surface area contributed by atoms with Crippen LogP contribution in [0.1, 0.15) is 17.3 Å². The van der Waals surface area contributed by atoms with Crippen LogP contribution in [-0.4, -0.2) is 52.5 Å². The van der Waals surface area contributed by atoms with Crippen LogP contribution in [0, 0.1) is 0 Å². The lowest BCUT2D eigenvalue weighted by atomic mass is 10.2. The molecule has 0 bridgehead atoms. The molecule has 0 spiro atoms. The second-order valence-corrected chi connectivity index (χ2v) is 7.80. The Morgan fingerprint density at radius 2 is 1.75 bits per heavy atom. The Bertz CT molecular complexity index is 972. The molecule has 0 aliphatic rings. The van der Waals surface area contributed by atoms with Gasteiger partial charge in [-0.05, 0) is 37.3 Å². The van der Waals surface area contributed by atoms with E-state index in [0.29, 0.717) is 5.75 Å². The van der Waals surface area contributed by atoms with E-state index in [2.05, 4.69) is 4.72 Å². The molecule has 1 N–H and O–H groups in total. The van der Waals surface area contributed by atoms with Gasteiger partial charge in [-0.1, -0.05) is 18.2 Å². The van der Waals surface area contributed by atoms with Crippen LogP contribution >= 0.6 is 0 Å². The molecule has 150 valence electrons. The van der Waals surface area contributed by atoms with Crippen LogP contribution in [0.25, 0.3) is 0 Å². The number of esters is 1. The lowest BCUT2D eigenvalue weighted by Gasteiger charge is -2.17. The summed E-state index contributed by atoms with van der Waals surface area (Å²) in [5, 5.41) is 0. The van der Waals surface area contributed by atoms with Crippen LogP contribution < -0.4 is 9.46 Å². The van der Waals surface area contributed by atoms with Crippen LogP contribution in [0.2, 0.25) is 0 Å². The summed E-state index contributed by atoms with van der Waals surface area (Å²) < 4.78 is 38.1. The van der Waals surface area contributed by atoms with Crippen molar-refractivity contribution >= 4 is 27.6 Å². The topological polar surface area (TPSA) is 102 Å². The first-order chi connectivity index (χ1) is 13.2. The molecule has 0 radical (unpaired) electrons. The van der Waals surface area contributed by atoms with Crippen LogP contribution in [0.4, 0.5) is 5.69 Å². The number of anilines is 1. The maximum Gasteiger partial charge on any atom is 0.338 e. The summed E-state index contributed by atoms with van der Waals surface area (Å²) in [5.41, 5.74) is 0.282. The molecule has 0 saturated carbocycles. The number of rotatable bonds is 7. The number of amides is 1. The van der Waals surface area contributed by atoms with Gasteiger partial charge in [0.25, 0.3) is 15.9 Å². The number of hydrogen-bond acceptors (Lipinski definition) is 6. The summed E-state index contributed by atoms with van der Waals surface area (Å²) in [4.78, 5) is 25.3. The van der Waals surface area contributed by atoms with Gasteiger partial charge < -0.3 is 14.4 Å². The zero-order chi connectivity index (χ0) is 20.9. The van der Waals surface area contributed by atoms with E-state index in [9.17, 15) is 18.0 Å². The third-order valence-corrected chi connectivity index (χ3v) is 5.17. The van der Waals surface area contributed by atoms with Gasteiger partial charge in [0.15, 0.2) is 6.10 Å². The first kappa shape index (κ1) is 21.2. The smallest absolute Gasteiger partial charge is 0.338 e. The molecule has 1 amide bonds. The number of benzene rings is 2. The van der Waals surface area contributed by atoms with E-state index in [1.165, 1.54) is 43.2 Å². The zero-order valence-corrected chi connectivity index (χ0v) is 16.8. The largest absolute Gasteiger partial charge is 0.495 e. The predicted octanol–water partition coefficient (Wildman–Crippen LogP) is 2.13. The average Bonchev–Trinajstić information content (AvgIpc) is 2.67. The third kappa shape index (κ3) is 5.01. The van der Waals surface area contributed by atoms with Crippen molar-refractivity contribution in [2.75, 3.05) is 25.9 Å². The Labute approximate surface area is 164 Å². The Hall–Kier alpha value is -3.07. The fourth-order valence-corrected chi connectivity index (χ4v) is 3.48. The standard InChI is InChI=1S/C19H22N2O6S/c1-13(18(22)21(2)3)27-19(23)14-8-7-9-15(12-14)28(24,25)20-16-10-5-6-11-17(16)26-4/h5-13,20H,1-4H3/t13-/m0/s1. The fourth-order valence-electron chi connectivity index (χ4n) is 2.37. The molecule has 2 aromatic carbocycles. The average molecular weight is 406 g/mol. The molecule has 0 unspecified atom stereocenters. The number of para-hydroxylation sites is 2. The van der Waals surface area contributed by atoms with Crippen molar-refractivity contribution in [3.05, 3.63) is 54.1 Å². The molecule has 1 atom stereocenters. The highest BCUT2D eigenvalue weighted by molar-refractivity contribution is 7.92. The van der Waals surface area contributed by atoms with Gasteiger partial charge in [0, 0.05) is 14.1 Å². The first-order valence-corrected chi connectivity index (χ1v) is 9.82. The highest BCUT2D eigenvalue weighted by atomic mass is 32.2. The second-order valence-electron chi connectivity index (χ2n) is 6.11. The van der Waals surface area contributed by atoms with E-state index in [4.69, 9.17) is 9.47 Å². The minimum atomic E-state index is -3.97. The Morgan fingerprint density at radius 3 is 2.39 bits per heavy atom. The quantitative estimate of drug-likeness (QED) is 0.707. The van der Waals surface area contributed by atoms with Gasteiger partial charge in [-0.15, -0.1) is 0 Å². The first-order valence-electron chi connectivity index (χ1n) is 8.33. The summed E-state index contributed by atoms with van der Waals surface area (Å²) in [5.74, 6) is -0.815. The third-order valence-electron chi connectivity index (χ3n) is 3.80. The zero-order valence-electron chi connectivity index (χ0n) is 16.0. The molecule has 0 fully saturated rings. The summed E-state index contributed by atoms with van der Waals surface area (Å²) >= 11 is 0. The van der Waals surface area contributed by atoms with Gasteiger partial charge in [0.2, 0.25) is 0 Å². The molecule has 8 nitrogen and oxygen atoms in total. The lowest BCUT2D eigenvalue weighted by Crippen LogP contribution is -2.34. The molecule has 0 aliphatic carbocycles. The maximum absolute atomic E-state index is 12.7. The van der Waals surface area contributed by atoms with E-state index in [0.717, 1.165) is 0 Å². The van der Waals surface area contributed by atoms with Crippen LogP contribution in [-0.2, 0) is 19.6 Å². The van der Waals surface area contributed by atoms with Crippen molar-refractivity contribution in [3.63, 3.8) is 0 Å². The highest BCUT2D eigenvalue weighted by Gasteiger charge is 2.22. The normalized spacial score (nSPS) is 12.0. The summed E-state index contributed by atoms with van der Waals surface area (Å²) in [6.07, 6.45) is -0.991. The number of nitrogens with zero attached hydrogens (tertiary/aromatic N) is 1. The van der Waals surface area contributed by atoms with Crippen LogP contribution in [0.3, 0.4) is 0 Å². The van der Waals surface area contributed by atoms with Crippen LogP contribution in [0.5, 0.6) is 5.75 Å². The number of carbonyl (C=O) groups excluding carboxylic acids is 2. The van der Waals surface area contributed by atoms with E-state index in [1.807, 2.05) is 0 Å². The predicted molar refractivity (Wildman–Crippen MR) is 104 cm³/mol. The van der Waals surface area contributed by atoms with Gasteiger partial charge in [0.05, 0.1) is 23.3 Å². The number of nitrogens with one attached hydrogen (secondary N) is 1. The molecule has 0 aliphatic heterocycles. The summed E-state index contributed by atoms with van der Waals surface area (Å²) in [7, 11) is 0.547. The van der Waals surface area contributed by atoms with Crippen molar-refractivity contribution in [1.82, 2.24) is 4.90 Å². The van der Waals surface area contributed by atoms with Crippen molar-refractivity contribution < 1.29 is 27.5 Å². The van der Waals surface area contributed by atoms with Crippen molar-refractivity contribution in [3.8, 4) is 5.75 Å². The minimum absolute atomic E-state index is 0.0151. The molecule has 2 aromatic rings. The SMILES string of the molecule is COc1ccccc1NS(=O)(=O)c1cccc(C(=O)O[C@@H](C)C(=O)N(C)C)c1. The summed E-state index contributed by atoms with van der Waals surface area (Å²) in [6, 6.07) is 11.9. The molecule has 28 heavy (non-hydrogen) atoms. The van der Waals surface area contributed by atoms with E-state index in [-0.39, 0.29) is 22.1 Å². The monoisotopic (exact) mass is 406 g/mol. The number of carbonyl (C=O) groups is 2. The molecule has 9 heteroatoms. The minimum Gasteiger partial charge on any atom is -0.495 e. The Kier molecular flexibility index (Phi) is 6.63. The number of sulfonamides is 1. The van der Waals surface area contributed by atoms with Gasteiger partial charge in [-0.2, -0.15) is 0 Å². The molecular weight excluding hydrogens is 384 g/mol.